The van der Waals surface area contributed by atoms with Gasteiger partial charge in [-0.15, -0.1) is 0 Å². The topological polar surface area (TPSA) is 6.48 Å². The standard InChI is InChI=1S/2C13H25N/c2*1-12(2,3)11-8-9-7-10(9)14(11)13(4,5)6/h2*9-11H,7-8H2,1-6H3/t9-,10-,11?;/m1./s1. The molecule has 2 aliphatic carbocycles. The van der Waals surface area contributed by atoms with Gasteiger partial charge in [-0.1, -0.05) is 41.5 Å². The molecule has 0 bridgehead atoms. The van der Waals surface area contributed by atoms with Crippen molar-refractivity contribution in [2.45, 2.75) is 144 Å². The summed E-state index contributed by atoms with van der Waals surface area (Å²) < 4.78 is 0. The molecule has 2 saturated carbocycles. The third-order valence-electron chi connectivity index (χ3n) is 7.76. The Kier molecular flexibility index (Phi) is 5.42. The third kappa shape index (κ3) is 4.48. The van der Waals surface area contributed by atoms with Crippen LogP contribution in [0.15, 0.2) is 0 Å². The Balaban J connectivity index is 0.000000161. The van der Waals surface area contributed by atoms with Crippen molar-refractivity contribution in [2.75, 3.05) is 0 Å². The molecular formula is C26H50N2. The second kappa shape index (κ2) is 6.71. The number of likely N-dealkylation sites (tertiary alicyclic amines) is 2. The lowest BCUT2D eigenvalue weighted by Gasteiger charge is -2.45. The quantitative estimate of drug-likeness (QED) is 0.460. The van der Waals surface area contributed by atoms with E-state index in [0.29, 0.717) is 21.9 Å². The van der Waals surface area contributed by atoms with Gasteiger partial charge in [-0.25, -0.2) is 0 Å². The van der Waals surface area contributed by atoms with E-state index in [2.05, 4.69) is 92.9 Å². The van der Waals surface area contributed by atoms with Gasteiger partial charge in [0, 0.05) is 35.2 Å². The van der Waals surface area contributed by atoms with Gasteiger partial charge in [-0.2, -0.15) is 0 Å². The lowest BCUT2D eigenvalue weighted by molar-refractivity contribution is 0.0362. The smallest absolute Gasteiger partial charge is 0.0155 e. The van der Waals surface area contributed by atoms with Gasteiger partial charge in [0.05, 0.1) is 0 Å². The number of hydrogen-bond donors (Lipinski definition) is 0. The Hall–Kier alpha value is -0.0800. The monoisotopic (exact) mass is 390 g/mol. The van der Waals surface area contributed by atoms with Crippen LogP contribution in [-0.4, -0.2) is 45.0 Å². The normalized spacial score (nSPS) is 38.6. The van der Waals surface area contributed by atoms with E-state index in [1.807, 2.05) is 0 Å². The first-order chi connectivity index (χ1) is 12.4. The summed E-state index contributed by atoms with van der Waals surface area (Å²) in [7, 11) is 0. The predicted molar refractivity (Wildman–Crippen MR) is 123 cm³/mol. The Bertz CT molecular complexity index is 513. The zero-order valence-corrected chi connectivity index (χ0v) is 21.2. The largest absolute Gasteiger partial charge is 0.292 e. The zero-order chi connectivity index (χ0) is 21.4. The van der Waals surface area contributed by atoms with Crippen molar-refractivity contribution in [2.24, 2.45) is 22.7 Å². The van der Waals surface area contributed by atoms with Crippen molar-refractivity contribution in [1.82, 2.24) is 9.80 Å². The number of nitrogens with zero attached hydrogens (tertiary/aromatic N) is 2. The maximum absolute atomic E-state index is 2.79. The molecule has 0 aromatic heterocycles. The molecule has 4 rings (SSSR count). The van der Waals surface area contributed by atoms with Gasteiger partial charge >= 0.3 is 0 Å². The van der Waals surface area contributed by atoms with Crippen LogP contribution in [0.4, 0.5) is 0 Å². The van der Waals surface area contributed by atoms with E-state index in [4.69, 9.17) is 0 Å². The lowest BCUT2D eigenvalue weighted by Crippen LogP contribution is -2.51. The van der Waals surface area contributed by atoms with Gasteiger partial charge < -0.3 is 0 Å². The van der Waals surface area contributed by atoms with E-state index < -0.39 is 0 Å². The van der Waals surface area contributed by atoms with Gasteiger partial charge in [-0.3, -0.25) is 9.80 Å². The van der Waals surface area contributed by atoms with E-state index in [1.54, 1.807) is 0 Å². The predicted octanol–water partition coefficient (Wildman–Crippen LogP) is 6.59. The molecule has 28 heavy (non-hydrogen) atoms. The Morgan fingerprint density at radius 2 is 0.750 bits per heavy atom. The van der Waals surface area contributed by atoms with Gasteiger partial charge in [0.15, 0.2) is 0 Å². The zero-order valence-electron chi connectivity index (χ0n) is 21.2. The van der Waals surface area contributed by atoms with Crippen LogP contribution in [0, 0.1) is 22.7 Å². The van der Waals surface area contributed by atoms with Gasteiger partial charge in [-0.05, 0) is 89.9 Å². The van der Waals surface area contributed by atoms with Crippen LogP contribution in [0.3, 0.4) is 0 Å². The SMILES string of the molecule is CC(C)(C)C1CC2CC2N1C(C)(C)C.CC(C)(C)C1C[C@H]2C[C@H]2N1C(C)(C)C. The molecule has 4 fully saturated rings. The van der Waals surface area contributed by atoms with E-state index in [0.717, 1.165) is 36.0 Å². The molecule has 2 heteroatoms. The molecule has 0 aromatic rings. The van der Waals surface area contributed by atoms with Gasteiger partial charge in [0.25, 0.3) is 0 Å². The first-order valence-electron chi connectivity index (χ1n) is 12.0. The van der Waals surface area contributed by atoms with E-state index in [9.17, 15) is 0 Å². The van der Waals surface area contributed by atoms with Crippen LogP contribution >= 0.6 is 0 Å². The third-order valence-corrected chi connectivity index (χ3v) is 7.76. The fourth-order valence-electron chi connectivity index (χ4n) is 6.39. The summed E-state index contributed by atoms with van der Waals surface area (Å²) in [6.07, 6.45) is 5.80. The molecule has 2 saturated heterocycles. The molecule has 0 amide bonds. The average molecular weight is 391 g/mol. The summed E-state index contributed by atoms with van der Waals surface area (Å²) in [6, 6.07) is 3.43. The summed E-state index contributed by atoms with van der Waals surface area (Å²) in [5.41, 5.74) is 1.60. The molecule has 4 unspecified atom stereocenters. The van der Waals surface area contributed by atoms with Crippen molar-refractivity contribution in [1.29, 1.82) is 0 Å². The lowest BCUT2D eigenvalue weighted by atomic mass is 9.82. The molecule has 2 aliphatic heterocycles. The second-order valence-corrected chi connectivity index (χ2v) is 14.5. The molecule has 6 atom stereocenters. The number of rotatable bonds is 0. The minimum atomic E-state index is 0.355. The van der Waals surface area contributed by atoms with Crippen molar-refractivity contribution in [3.05, 3.63) is 0 Å². The van der Waals surface area contributed by atoms with Crippen molar-refractivity contribution in [3.8, 4) is 0 Å². The maximum atomic E-state index is 2.79. The molecule has 2 nitrogen and oxygen atoms in total. The average Bonchev–Trinajstić information content (AvgIpc) is 3.31. The Labute approximate surface area is 176 Å². The molecular weight excluding hydrogens is 340 g/mol. The number of fused-ring (bicyclic) bond motifs is 2. The first-order valence-corrected chi connectivity index (χ1v) is 12.0. The van der Waals surface area contributed by atoms with Gasteiger partial charge in [0.1, 0.15) is 0 Å². The first kappa shape index (κ1) is 22.6. The summed E-state index contributed by atoms with van der Waals surface area (Å²) in [4.78, 5) is 5.58. The molecule has 0 spiro atoms. The summed E-state index contributed by atoms with van der Waals surface area (Å²) in [6.45, 7) is 28.5. The molecule has 4 aliphatic rings. The highest BCUT2D eigenvalue weighted by Gasteiger charge is 2.58. The number of piperidine rings is 2. The van der Waals surface area contributed by atoms with E-state index in [-0.39, 0.29) is 0 Å². The van der Waals surface area contributed by atoms with Crippen LogP contribution in [-0.2, 0) is 0 Å². The van der Waals surface area contributed by atoms with Crippen LogP contribution < -0.4 is 0 Å². The minimum absolute atomic E-state index is 0.355. The highest BCUT2D eigenvalue weighted by Crippen LogP contribution is 2.55. The van der Waals surface area contributed by atoms with Gasteiger partial charge in [0.2, 0.25) is 0 Å². The van der Waals surface area contributed by atoms with Crippen molar-refractivity contribution < 1.29 is 0 Å². The second-order valence-electron chi connectivity index (χ2n) is 14.5. The minimum Gasteiger partial charge on any atom is -0.292 e. The molecule has 0 radical (unpaired) electrons. The fourth-order valence-corrected chi connectivity index (χ4v) is 6.39. The van der Waals surface area contributed by atoms with Crippen LogP contribution in [0.1, 0.15) is 109 Å². The molecule has 2 heterocycles. The van der Waals surface area contributed by atoms with E-state index in [1.165, 1.54) is 25.7 Å². The highest BCUT2D eigenvalue weighted by atomic mass is 15.3. The summed E-state index contributed by atoms with van der Waals surface area (Å²) in [5, 5.41) is 0. The summed E-state index contributed by atoms with van der Waals surface area (Å²) in [5.74, 6) is 2.05. The van der Waals surface area contributed by atoms with Crippen LogP contribution in [0.25, 0.3) is 0 Å². The summed E-state index contributed by atoms with van der Waals surface area (Å²) >= 11 is 0. The fraction of sp³-hybridized carbons (Fsp3) is 1.00. The molecule has 0 aromatic carbocycles. The van der Waals surface area contributed by atoms with Crippen molar-refractivity contribution in [3.63, 3.8) is 0 Å². The van der Waals surface area contributed by atoms with Crippen LogP contribution in [0.2, 0.25) is 0 Å². The Morgan fingerprint density at radius 3 is 0.929 bits per heavy atom. The van der Waals surface area contributed by atoms with E-state index >= 15 is 0 Å². The highest BCUT2D eigenvalue weighted by molar-refractivity contribution is 5.12. The van der Waals surface area contributed by atoms with Crippen molar-refractivity contribution >= 4 is 0 Å². The maximum Gasteiger partial charge on any atom is 0.0155 e. The molecule has 164 valence electrons. The van der Waals surface area contributed by atoms with Crippen LogP contribution in [0.5, 0.6) is 0 Å². The molecule has 0 N–H and O–H groups in total. The number of hydrogen-bond acceptors (Lipinski definition) is 2. The Morgan fingerprint density at radius 1 is 0.464 bits per heavy atom.